The molecule has 2 nitrogen and oxygen atoms in total. The van der Waals surface area contributed by atoms with E-state index < -0.39 is 0 Å². The molecule has 0 amide bonds. The summed E-state index contributed by atoms with van der Waals surface area (Å²) in [5.74, 6) is 1.96. The summed E-state index contributed by atoms with van der Waals surface area (Å²) in [7, 11) is 0. The zero-order chi connectivity index (χ0) is 14.2. The molecule has 0 aromatic heterocycles. The lowest BCUT2D eigenvalue weighted by atomic mass is 9.92. The molecule has 1 heterocycles. The fourth-order valence-corrected chi connectivity index (χ4v) is 2.86. The number of alkyl halides is 1. The fourth-order valence-electron chi connectivity index (χ4n) is 2.70. The molecule has 0 saturated carbocycles. The van der Waals surface area contributed by atoms with Crippen molar-refractivity contribution >= 4 is 26.7 Å². The second-order valence-corrected chi connectivity index (χ2v) is 6.60. The molecule has 3 heteroatoms. The highest BCUT2D eigenvalue weighted by molar-refractivity contribution is 9.09. The number of halogens is 1. The van der Waals surface area contributed by atoms with E-state index >= 15 is 0 Å². The van der Waals surface area contributed by atoms with Gasteiger partial charge in [-0.3, -0.25) is 0 Å². The summed E-state index contributed by atoms with van der Waals surface area (Å²) >= 11 is 3.40. The van der Waals surface area contributed by atoms with Crippen LogP contribution in [0.15, 0.2) is 30.3 Å². The summed E-state index contributed by atoms with van der Waals surface area (Å²) in [6.45, 7) is 4.97. The van der Waals surface area contributed by atoms with Crippen LogP contribution >= 0.6 is 15.9 Å². The first-order valence-corrected chi connectivity index (χ1v) is 8.15. The van der Waals surface area contributed by atoms with Crippen LogP contribution in [-0.4, -0.2) is 17.5 Å². The van der Waals surface area contributed by atoms with Crippen LogP contribution in [0.4, 0.5) is 0 Å². The largest absolute Gasteiger partial charge is 0.492 e. The highest BCUT2D eigenvalue weighted by Crippen LogP contribution is 2.41. The topological polar surface area (TPSA) is 18.5 Å². The van der Waals surface area contributed by atoms with Gasteiger partial charge in [-0.05, 0) is 38.3 Å². The Morgan fingerprint density at radius 2 is 2.05 bits per heavy atom. The van der Waals surface area contributed by atoms with Crippen LogP contribution in [0.1, 0.15) is 25.8 Å². The molecule has 2 aromatic carbocycles. The fraction of sp³-hybridized carbons (Fsp3) is 0.412. The van der Waals surface area contributed by atoms with Crippen LogP contribution in [0.2, 0.25) is 0 Å². The van der Waals surface area contributed by atoms with Crippen molar-refractivity contribution in [2.75, 3.05) is 11.9 Å². The van der Waals surface area contributed by atoms with Gasteiger partial charge >= 0.3 is 0 Å². The standard InChI is InChI=1S/C17H19BrO2/c1-17(2)9-8-12-6-7-13-14(16(12)20-17)4-3-5-15(13)19-11-10-18/h3-7H,8-11H2,1-2H3. The molecular weight excluding hydrogens is 316 g/mol. The minimum absolute atomic E-state index is 0.0893. The minimum atomic E-state index is -0.0893. The van der Waals surface area contributed by atoms with Gasteiger partial charge in [0.05, 0.1) is 6.61 Å². The molecule has 20 heavy (non-hydrogen) atoms. The molecule has 1 aliphatic rings. The summed E-state index contributed by atoms with van der Waals surface area (Å²) in [6, 6.07) is 10.5. The lowest BCUT2D eigenvalue weighted by molar-refractivity contribution is 0.0868. The highest BCUT2D eigenvalue weighted by Gasteiger charge is 2.28. The summed E-state index contributed by atoms with van der Waals surface area (Å²) < 4.78 is 12.0. The lowest BCUT2D eigenvalue weighted by Crippen LogP contribution is -2.32. The normalized spacial score (nSPS) is 16.6. The molecule has 0 unspecified atom stereocenters. The first-order valence-electron chi connectivity index (χ1n) is 7.03. The monoisotopic (exact) mass is 334 g/mol. The number of fused-ring (bicyclic) bond motifs is 3. The molecule has 0 bridgehead atoms. The van der Waals surface area contributed by atoms with E-state index in [1.807, 2.05) is 12.1 Å². The number of ether oxygens (including phenoxy) is 2. The molecule has 106 valence electrons. The lowest BCUT2D eigenvalue weighted by Gasteiger charge is -2.33. The van der Waals surface area contributed by atoms with Crippen molar-refractivity contribution in [3.8, 4) is 11.5 Å². The van der Waals surface area contributed by atoms with E-state index in [-0.39, 0.29) is 5.60 Å². The second-order valence-electron chi connectivity index (χ2n) is 5.80. The first kappa shape index (κ1) is 13.7. The smallest absolute Gasteiger partial charge is 0.131 e. The van der Waals surface area contributed by atoms with Crippen molar-refractivity contribution in [1.29, 1.82) is 0 Å². The SMILES string of the molecule is CC1(C)CCc2ccc3c(OCCBr)cccc3c2O1. The molecule has 0 fully saturated rings. The van der Waals surface area contributed by atoms with E-state index in [4.69, 9.17) is 9.47 Å². The Kier molecular flexibility index (Phi) is 3.63. The Bertz CT molecular complexity index is 634. The highest BCUT2D eigenvalue weighted by atomic mass is 79.9. The third-order valence-corrected chi connectivity index (χ3v) is 4.09. The molecule has 0 aliphatic carbocycles. The van der Waals surface area contributed by atoms with E-state index in [2.05, 4.69) is 48.0 Å². The van der Waals surface area contributed by atoms with Crippen LogP contribution < -0.4 is 9.47 Å². The maximum absolute atomic E-state index is 6.23. The van der Waals surface area contributed by atoms with Gasteiger partial charge in [0.1, 0.15) is 17.1 Å². The number of hydrogen-bond donors (Lipinski definition) is 0. The maximum Gasteiger partial charge on any atom is 0.131 e. The van der Waals surface area contributed by atoms with Crippen molar-refractivity contribution in [3.63, 3.8) is 0 Å². The van der Waals surface area contributed by atoms with Crippen molar-refractivity contribution in [2.45, 2.75) is 32.3 Å². The number of hydrogen-bond acceptors (Lipinski definition) is 2. The molecule has 1 aliphatic heterocycles. The van der Waals surface area contributed by atoms with Gasteiger partial charge in [0, 0.05) is 16.1 Å². The van der Waals surface area contributed by atoms with Gasteiger partial charge in [-0.15, -0.1) is 0 Å². The quantitative estimate of drug-likeness (QED) is 0.756. The average molecular weight is 335 g/mol. The molecule has 3 rings (SSSR count). The van der Waals surface area contributed by atoms with E-state index in [0.29, 0.717) is 6.61 Å². The predicted octanol–water partition coefficient (Wildman–Crippen LogP) is 4.72. The van der Waals surface area contributed by atoms with Gasteiger partial charge in [-0.1, -0.05) is 40.2 Å². The Morgan fingerprint density at radius 1 is 1.20 bits per heavy atom. The molecule has 0 radical (unpaired) electrons. The van der Waals surface area contributed by atoms with Crippen LogP contribution in [0.25, 0.3) is 10.8 Å². The predicted molar refractivity (Wildman–Crippen MR) is 86.3 cm³/mol. The second kappa shape index (κ2) is 5.28. The molecule has 0 spiro atoms. The summed E-state index contributed by atoms with van der Waals surface area (Å²) in [5.41, 5.74) is 1.21. The van der Waals surface area contributed by atoms with Crippen LogP contribution in [0.5, 0.6) is 11.5 Å². The summed E-state index contributed by atoms with van der Waals surface area (Å²) in [6.07, 6.45) is 2.13. The minimum Gasteiger partial charge on any atom is -0.492 e. The van der Waals surface area contributed by atoms with E-state index in [9.17, 15) is 0 Å². The van der Waals surface area contributed by atoms with Crippen molar-refractivity contribution in [3.05, 3.63) is 35.9 Å². The van der Waals surface area contributed by atoms with Gasteiger partial charge in [0.2, 0.25) is 0 Å². The molecule has 0 N–H and O–H groups in total. The molecule has 0 saturated heterocycles. The van der Waals surface area contributed by atoms with Gasteiger partial charge in [-0.25, -0.2) is 0 Å². The van der Waals surface area contributed by atoms with Crippen LogP contribution in [0, 0.1) is 0 Å². The van der Waals surface area contributed by atoms with Crippen molar-refractivity contribution in [2.24, 2.45) is 0 Å². The van der Waals surface area contributed by atoms with Gasteiger partial charge in [0.15, 0.2) is 0 Å². The zero-order valence-electron chi connectivity index (χ0n) is 11.9. The number of benzene rings is 2. The number of aryl methyl sites for hydroxylation is 1. The van der Waals surface area contributed by atoms with Crippen molar-refractivity contribution < 1.29 is 9.47 Å². The Hall–Kier alpha value is -1.22. The Morgan fingerprint density at radius 3 is 2.85 bits per heavy atom. The average Bonchev–Trinajstić information content (AvgIpc) is 2.44. The maximum atomic E-state index is 6.23. The summed E-state index contributed by atoms with van der Waals surface area (Å²) in [4.78, 5) is 0. The van der Waals surface area contributed by atoms with E-state index in [0.717, 1.165) is 40.4 Å². The Balaban J connectivity index is 2.11. The van der Waals surface area contributed by atoms with E-state index in [1.165, 1.54) is 5.56 Å². The molecule has 0 atom stereocenters. The van der Waals surface area contributed by atoms with Crippen LogP contribution in [0.3, 0.4) is 0 Å². The van der Waals surface area contributed by atoms with Gasteiger partial charge in [0.25, 0.3) is 0 Å². The van der Waals surface area contributed by atoms with Crippen LogP contribution in [-0.2, 0) is 6.42 Å². The third kappa shape index (κ3) is 2.51. The van der Waals surface area contributed by atoms with Gasteiger partial charge < -0.3 is 9.47 Å². The zero-order valence-corrected chi connectivity index (χ0v) is 13.5. The number of rotatable bonds is 3. The molecular formula is C17H19BrO2. The Labute approximate surface area is 128 Å². The molecule has 2 aromatic rings. The first-order chi connectivity index (χ1) is 9.61. The van der Waals surface area contributed by atoms with Gasteiger partial charge in [-0.2, -0.15) is 0 Å². The summed E-state index contributed by atoms with van der Waals surface area (Å²) in [5, 5.41) is 3.12. The third-order valence-electron chi connectivity index (χ3n) is 3.76. The van der Waals surface area contributed by atoms with E-state index in [1.54, 1.807) is 0 Å². The van der Waals surface area contributed by atoms with Crippen molar-refractivity contribution in [1.82, 2.24) is 0 Å².